The van der Waals surface area contributed by atoms with Crippen molar-refractivity contribution in [3.8, 4) is 22.8 Å². The van der Waals surface area contributed by atoms with E-state index in [0.717, 1.165) is 29.7 Å². The third-order valence-electron chi connectivity index (χ3n) is 6.22. The highest BCUT2D eigenvalue weighted by Gasteiger charge is 2.32. The van der Waals surface area contributed by atoms with Gasteiger partial charge in [0.05, 0.1) is 10.6 Å². The van der Waals surface area contributed by atoms with Gasteiger partial charge in [0, 0.05) is 35.2 Å². The van der Waals surface area contributed by atoms with E-state index in [4.69, 9.17) is 11.6 Å². The van der Waals surface area contributed by atoms with Gasteiger partial charge in [0.25, 0.3) is 0 Å². The molecule has 0 radical (unpaired) electrons. The molecule has 0 unspecified atom stereocenters. The third-order valence-corrected chi connectivity index (χ3v) is 8.28. The molecular formula is C28H28ClN3O4S. The topological polar surface area (TPSA) is 104 Å². The monoisotopic (exact) mass is 537 g/mol. The number of hydrogen-bond acceptors (Lipinski definition) is 7. The van der Waals surface area contributed by atoms with Crippen LogP contribution < -0.4 is 4.90 Å². The van der Waals surface area contributed by atoms with Crippen molar-refractivity contribution in [2.45, 2.75) is 42.9 Å². The van der Waals surface area contributed by atoms with Crippen molar-refractivity contribution in [3.05, 3.63) is 83.3 Å². The van der Waals surface area contributed by atoms with Gasteiger partial charge in [-0.2, -0.15) is 0 Å². The van der Waals surface area contributed by atoms with Crippen LogP contribution in [0.4, 0.5) is 11.4 Å². The summed E-state index contributed by atoms with van der Waals surface area (Å²) in [4.78, 5) is 9.46. The molecule has 0 saturated heterocycles. The van der Waals surface area contributed by atoms with E-state index in [1.165, 1.54) is 12.1 Å². The average Bonchev–Trinajstić information content (AvgIpc) is 2.87. The van der Waals surface area contributed by atoms with Crippen molar-refractivity contribution in [2.75, 3.05) is 11.9 Å². The molecule has 0 aliphatic rings. The zero-order chi connectivity index (χ0) is 26.7. The van der Waals surface area contributed by atoms with Gasteiger partial charge in [-0.15, -0.1) is 0 Å². The molecule has 37 heavy (non-hydrogen) atoms. The molecular weight excluding hydrogens is 510 g/mol. The second-order valence-corrected chi connectivity index (χ2v) is 11.0. The van der Waals surface area contributed by atoms with Crippen LogP contribution in [0.3, 0.4) is 0 Å². The summed E-state index contributed by atoms with van der Waals surface area (Å²) < 4.78 is 27.3. The zero-order valence-corrected chi connectivity index (χ0v) is 22.4. The Hall–Kier alpha value is -3.62. The molecule has 192 valence electrons. The number of rotatable bonds is 8. The van der Waals surface area contributed by atoms with Crippen LogP contribution in [-0.4, -0.2) is 35.6 Å². The highest BCUT2D eigenvalue weighted by atomic mass is 35.5. The highest BCUT2D eigenvalue weighted by Crippen LogP contribution is 2.45. The first kappa shape index (κ1) is 26.4. The minimum absolute atomic E-state index is 0.0772. The molecule has 2 heterocycles. The lowest BCUT2D eigenvalue weighted by atomic mass is 10.1. The fraction of sp³-hybridized carbons (Fsp3) is 0.214. The van der Waals surface area contributed by atoms with Gasteiger partial charge in [0.2, 0.25) is 15.7 Å². The maximum Gasteiger partial charge on any atom is 0.234 e. The van der Waals surface area contributed by atoms with Gasteiger partial charge in [-0.05, 0) is 67.8 Å². The second kappa shape index (κ2) is 10.8. The van der Waals surface area contributed by atoms with Gasteiger partial charge < -0.3 is 15.1 Å². The van der Waals surface area contributed by atoms with Crippen LogP contribution in [0.15, 0.2) is 76.7 Å². The van der Waals surface area contributed by atoms with Crippen LogP contribution in [-0.2, 0) is 16.3 Å². The molecule has 0 amide bonds. The molecule has 7 nitrogen and oxygen atoms in total. The van der Waals surface area contributed by atoms with Crippen molar-refractivity contribution in [1.82, 2.24) is 9.97 Å². The molecule has 0 spiro atoms. The normalized spacial score (nSPS) is 11.5. The summed E-state index contributed by atoms with van der Waals surface area (Å²) in [6.07, 6.45) is 3.74. The number of unbranched alkanes of at least 4 members (excludes halogenated alkanes) is 1. The molecule has 0 bridgehead atoms. The van der Waals surface area contributed by atoms with Crippen molar-refractivity contribution in [2.24, 2.45) is 0 Å². The number of aromatic nitrogens is 2. The van der Waals surface area contributed by atoms with Crippen molar-refractivity contribution in [3.63, 3.8) is 0 Å². The van der Waals surface area contributed by atoms with Crippen LogP contribution in [0.5, 0.6) is 11.6 Å². The van der Waals surface area contributed by atoms with Crippen molar-refractivity contribution in [1.29, 1.82) is 0 Å². The first-order valence-electron chi connectivity index (χ1n) is 11.9. The minimum Gasteiger partial charge on any atom is -0.504 e. The number of hydrogen-bond donors (Lipinski definition) is 2. The van der Waals surface area contributed by atoms with E-state index >= 15 is 0 Å². The Bertz CT molecular complexity index is 1520. The number of halogens is 1. The molecule has 0 aliphatic carbocycles. The smallest absolute Gasteiger partial charge is 0.234 e. The Balaban J connectivity index is 1.83. The van der Waals surface area contributed by atoms with Gasteiger partial charge in [-0.1, -0.05) is 43.1 Å². The fourth-order valence-corrected chi connectivity index (χ4v) is 5.71. The third kappa shape index (κ3) is 5.26. The number of anilines is 2. The number of nitrogens with zero attached hydrogens (tertiary/aromatic N) is 3. The van der Waals surface area contributed by atoms with Gasteiger partial charge in [-0.3, -0.25) is 4.98 Å². The van der Waals surface area contributed by atoms with Crippen LogP contribution >= 0.6 is 11.6 Å². The second-order valence-electron chi connectivity index (χ2n) is 8.71. The Morgan fingerprint density at radius 2 is 1.68 bits per heavy atom. The van der Waals surface area contributed by atoms with E-state index in [1.54, 1.807) is 54.5 Å². The minimum atomic E-state index is -4.32. The summed E-state index contributed by atoms with van der Waals surface area (Å²) in [5.74, 6) is -1.28. The SMILES string of the molecule is CCCCc1nc(O)c(S(=O)(=O)c2ccc(-c3cccnc3C)cc2)c(O)c1N(C)c1ccc(Cl)cc1. The standard InChI is InChI=1S/C28H28ClN3O4S/c1-4-5-8-24-25(32(3)21-13-11-20(29)12-14-21)26(33)27(28(34)31-24)37(35,36)22-15-9-19(10-16-22)23-7-6-17-30-18(23)2/h6-7,9-17H,4-5,8H2,1-3H3,(H2,31,33,34). The molecule has 0 fully saturated rings. The summed E-state index contributed by atoms with van der Waals surface area (Å²) in [7, 11) is -2.62. The van der Waals surface area contributed by atoms with E-state index < -0.39 is 26.4 Å². The molecule has 2 aromatic heterocycles. The Kier molecular flexibility index (Phi) is 7.71. The van der Waals surface area contributed by atoms with Crippen LogP contribution in [0.1, 0.15) is 31.2 Å². The summed E-state index contributed by atoms with van der Waals surface area (Å²) in [6.45, 7) is 3.89. The van der Waals surface area contributed by atoms with Gasteiger partial charge in [-0.25, -0.2) is 13.4 Å². The Labute approximate surface area is 222 Å². The lowest BCUT2D eigenvalue weighted by Gasteiger charge is -2.25. The van der Waals surface area contributed by atoms with E-state index in [0.29, 0.717) is 22.8 Å². The molecule has 4 rings (SSSR count). The molecule has 0 atom stereocenters. The van der Waals surface area contributed by atoms with E-state index in [1.807, 2.05) is 26.0 Å². The van der Waals surface area contributed by atoms with E-state index in [-0.39, 0.29) is 10.6 Å². The van der Waals surface area contributed by atoms with Crippen molar-refractivity contribution >= 4 is 32.8 Å². The van der Waals surface area contributed by atoms with Crippen molar-refractivity contribution < 1.29 is 18.6 Å². The van der Waals surface area contributed by atoms with Crippen LogP contribution in [0, 0.1) is 6.92 Å². The highest BCUT2D eigenvalue weighted by molar-refractivity contribution is 7.91. The number of benzene rings is 2. The number of aryl methyl sites for hydroxylation is 2. The Morgan fingerprint density at radius 1 is 1.00 bits per heavy atom. The molecule has 2 aromatic carbocycles. The average molecular weight is 538 g/mol. The Morgan fingerprint density at radius 3 is 2.30 bits per heavy atom. The summed E-state index contributed by atoms with van der Waals surface area (Å²) in [5.41, 5.74) is 3.78. The van der Waals surface area contributed by atoms with Crippen LogP contribution in [0.2, 0.25) is 5.02 Å². The van der Waals surface area contributed by atoms with Gasteiger partial charge in [0.1, 0.15) is 5.69 Å². The lowest BCUT2D eigenvalue weighted by Crippen LogP contribution is -2.15. The predicted molar refractivity (Wildman–Crippen MR) is 146 cm³/mol. The van der Waals surface area contributed by atoms with Gasteiger partial charge >= 0.3 is 0 Å². The largest absolute Gasteiger partial charge is 0.504 e. The predicted octanol–water partition coefficient (Wildman–Crippen LogP) is 6.46. The van der Waals surface area contributed by atoms with E-state index in [2.05, 4.69) is 9.97 Å². The quantitative estimate of drug-likeness (QED) is 0.266. The summed E-state index contributed by atoms with van der Waals surface area (Å²) in [5, 5.41) is 22.6. The van der Waals surface area contributed by atoms with E-state index in [9.17, 15) is 18.6 Å². The van der Waals surface area contributed by atoms with Crippen LogP contribution in [0.25, 0.3) is 11.1 Å². The number of sulfone groups is 1. The maximum absolute atomic E-state index is 13.7. The molecule has 0 saturated carbocycles. The molecule has 4 aromatic rings. The van der Waals surface area contributed by atoms with Gasteiger partial charge in [0.15, 0.2) is 10.6 Å². The molecule has 0 aliphatic heterocycles. The molecule has 2 N–H and O–H groups in total. The lowest BCUT2D eigenvalue weighted by molar-refractivity contribution is 0.405. The first-order chi connectivity index (χ1) is 17.6. The summed E-state index contributed by atoms with van der Waals surface area (Å²) >= 11 is 6.03. The molecule has 9 heteroatoms. The summed E-state index contributed by atoms with van der Waals surface area (Å²) in [6, 6.07) is 16.9. The first-order valence-corrected chi connectivity index (χ1v) is 13.7. The zero-order valence-electron chi connectivity index (χ0n) is 20.8. The fourth-order valence-electron chi connectivity index (χ4n) is 4.21. The number of pyridine rings is 2. The number of aromatic hydroxyl groups is 2. The maximum atomic E-state index is 13.7.